The summed E-state index contributed by atoms with van der Waals surface area (Å²) in [6.45, 7) is 5.29. The van der Waals surface area contributed by atoms with Crippen molar-refractivity contribution in [1.29, 1.82) is 0 Å². The van der Waals surface area contributed by atoms with Crippen LogP contribution in [0.1, 0.15) is 40.0 Å². The molecule has 0 spiro atoms. The van der Waals surface area contributed by atoms with Crippen molar-refractivity contribution in [3.05, 3.63) is 0 Å². The molecule has 0 radical (unpaired) electrons. The molecule has 2 amide bonds. The molecule has 0 aromatic carbocycles. The minimum absolute atomic E-state index is 0.0218. The lowest BCUT2D eigenvalue weighted by atomic mass is 10.1. The first-order chi connectivity index (χ1) is 10.1. The van der Waals surface area contributed by atoms with Gasteiger partial charge in [0, 0.05) is 19.5 Å². The van der Waals surface area contributed by atoms with Crippen LogP contribution >= 0.6 is 15.9 Å². The van der Waals surface area contributed by atoms with Gasteiger partial charge in [-0.1, -0.05) is 15.9 Å². The number of halogens is 3. The number of rotatable bonds is 5. The van der Waals surface area contributed by atoms with E-state index in [9.17, 15) is 18.4 Å². The number of carbonyl (C=O) groups excluding carboxylic acids is 2. The molecule has 22 heavy (non-hydrogen) atoms. The average molecular weight is 385 g/mol. The Morgan fingerprint density at radius 3 is 2.50 bits per heavy atom. The highest BCUT2D eigenvalue weighted by atomic mass is 79.9. The minimum Gasteiger partial charge on any atom is -0.444 e. The molecule has 0 aromatic rings. The third-order valence-corrected chi connectivity index (χ3v) is 3.79. The Labute approximate surface area is 137 Å². The summed E-state index contributed by atoms with van der Waals surface area (Å²) in [5.74, 6) is -3.28. The summed E-state index contributed by atoms with van der Waals surface area (Å²) in [6, 6.07) is -1.10. The van der Waals surface area contributed by atoms with Crippen molar-refractivity contribution in [3.8, 4) is 0 Å². The Hall–Kier alpha value is -0.920. The molecule has 1 rings (SSSR count). The molecule has 0 aromatic heterocycles. The van der Waals surface area contributed by atoms with Gasteiger partial charge in [0.2, 0.25) is 5.91 Å². The maximum Gasteiger partial charge on any atom is 0.407 e. The number of alkyl carbamates (subject to hydrolysis) is 1. The molecule has 8 heteroatoms. The van der Waals surface area contributed by atoms with E-state index in [1.807, 2.05) is 0 Å². The van der Waals surface area contributed by atoms with Crippen molar-refractivity contribution >= 4 is 27.9 Å². The third kappa shape index (κ3) is 5.70. The van der Waals surface area contributed by atoms with E-state index >= 15 is 0 Å². The predicted octanol–water partition coefficient (Wildman–Crippen LogP) is 2.92. The number of hydrogen-bond acceptors (Lipinski definition) is 3. The van der Waals surface area contributed by atoms with Gasteiger partial charge in [0.25, 0.3) is 5.92 Å². The summed E-state index contributed by atoms with van der Waals surface area (Å²) in [5, 5.41) is 2.46. The summed E-state index contributed by atoms with van der Waals surface area (Å²) < 4.78 is 32.7. The molecule has 1 N–H and O–H groups in total. The number of hydrogen-bond donors (Lipinski definition) is 1. The lowest BCUT2D eigenvalue weighted by Gasteiger charge is -2.32. The van der Waals surface area contributed by atoms with Crippen LogP contribution in [0.25, 0.3) is 0 Å². The molecule has 1 atom stereocenters. The van der Waals surface area contributed by atoms with E-state index in [-0.39, 0.29) is 31.3 Å². The second kappa shape index (κ2) is 7.57. The van der Waals surface area contributed by atoms with Gasteiger partial charge in [-0.25, -0.2) is 13.6 Å². The molecule has 1 aliphatic carbocycles. The zero-order valence-corrected chi connectivity index (χ0v) is 14.7. The second-order valence-corrected chi connectivity index (χ2v) is 6.88. The number of ether oxygens (including phenoxy) is 1. The topological polar surface area (TPSA) is 58.6 Å². The van der Waals surface area contributed by atoms with Crippen LogP contribution in [0.3, 0.4) is 0 Å². The first-order valence-electron chi connectivity index (χ1n) is 7.27. The Balaban J connectivity index is 2.57. The fourth-order valence-electron chi connectivity index (χ4n) is 2.42. The molecular weight excluding hydrogens is 362 g/mol. The molecule has 5 nitrogen and oxygen atoms in total. The summed E-state index contributed by atoms with van der Waals surface area (Å²) in [4.78, 5) is 24.6. The largest absolute Gasteiger partial charge is 0.444 e. The Morgan fingerprint density at radius 2 is 2.05 bits per heavy atom. The van der Waals surface area contributed by atoms with E-state index in [1.54, 1.807) is 20.8 Å². The van der Waals surface area contributed by atoms with Crippen molar-refractivity contribution in [1.82, 2.24) is 10.2 Å². The van der Waals surface area contributed by atoms with Crippen molar-refractivity contribution < 1.29 is 23.1 Å². The van der Waals surface area contributed by atoms with Crippen LogP contribution in [0, 0.1) is 0 Å². The van der Waals surface area contributed by atoms with Crippen LogP contribution in [0.15, 0.2) is 0 Å². The molecule has 1 fully saturated rings. The number of nitrogens with zero attached hydrogens (tertiary/aromatic N) is 1. The average Bonchev–Trinajstić information content (AvgIpc) is 2.71. The van der Waals surface area contributed by atoms with Gasteiger partial charge in [-0.2, -0.15) is 0 Å². The van der Waals surface area contributed by atoms with Gasteiger partial charge < -0.3 is 15.0 Å². The Bertz CT molecular complexity index is 413. The van der Waals surface area contributed by atoms with E-state index in [0.29, 0.717) is 6.42 Å². The van der Waals surface area contributed by atoms with E-state index in [1.165, 1.54) is 0 Å². The number of carbonyl (C=O) groups is 2. The van der Waals surface area contributed by atoms with Gasteiger partial charge >= 0.3 is 6.09 Å². The van der Waals surface area contributed by atoms with Gasteiger partial charge in [0.1, 0.15) is 5.60 Å². The monoisotopic (exact) mass is 384 g/mol. The first-order valence-corrected chi connectivity index (χ1v) is 8.39. The predicted molar refractivity (Wildman–Crippen MR) is 82.3 cm³/mol. The number of alkyl halides is 3. The zero-order valence-electron chi connectivity index (χ0n) is 13.1. The van der Waals surface area contributed by atoms with Gasteiger partial charge in [0.15, 0.2) is 0 Å². The van der Waals surface area contributed by atoms with Crippen LogP contribution < -0.4 is 5.32 Å². The highest BCUT2D eigenvalue weighted by Crippen LogP contribution is 2.38. The van der Waals surface area contributed by atoms with Crippen LogP contribution in [-0.4, -0.2) is 52.9 Å². The summed E-state index contributed by atoms with van der Waals surface area (Å²) in [5.41, 5.74) is -0.631. The maximum atomic E-state index is 13.8. The van der Waals surface area contributed by atoms with Gasteiger partial charge in [-0.05, 0) is 33.6 Å². The van der Waals surface area contributed by atoms with Gasteiger partial charge in [-0.3, -0.25) is 4.79 Å². The Morgan fingerprint density at radius 1 is 1.41 bits per heavy atom. The van der Waals surface area contributed by atoms with Crippen molar-refractivity contribution in [3.63, 3.8) is 0 Å². The molecule has 0 aliphatic heterocycles. The van der Waals surface area contributed by atoms with Crippen LogP contribution in [-0.2, 0) is 9.53 Å². The van der Waals surface area contributed by atoms with E-state index < -0.39 is 29.6 Å². The second-order valence-electron chi connectivity index (χ2n) is 6.32. The van der Waals surface area contributed by atoms with Crippen LogP contribution in [0.5, 0.6) is 0 Å². The zero-order chi connectivity index (χ0) is 17.0. The summed E-state index contributed by atoms with van der Waals surface area (Å²) >= 11 is 3.01. The van der Waals surface area contributed by atoms with E-state index in [4.69, 9.17) is 4.74 Å². The molecule has 1 aliphatic rings. The summed E-state index contributed by atoms with van der Waals surface area (Å²) in [6.07, 6.45) is -0.165. The highest BCUT2D eigenvalue weighted by molar-refractivity contribution is 9.09. The fourth-order valence-corrected chi connectivity index (χ4v) is 2.74. The molecule has 0 saturated heterocycles. The van der Waals surface area contributed by atoms with Crippen LogP contribution in [0.2, 0.25) is 0 Å². The molecular formula is C14H23BrF2N2O3. The first kappa shape index (κ1) is 19.1. The van der Waals surface area contributed by atoms with Gasteiger partial charge in [0.05, 0.1) is 11.4 Å². The van der Waals surface area contributed by atoms with Crippen LogP contribution in [0.4, 0.5) is 13.6 Å². The van der Waals surface area contributed by atoms with Crippen molar-refractivity contribution in [2.45, 2.75) is 57.6 Å². The lowest BCUT2D eigenvalue weighted by molar-refractivity contribution is -0.139. The highest BCUT2D eigenvalue weighted by Gasteiger charge is 2.48. The number of amides is 2. The quantitative estimate of drug-likeness (QED) is 0.741. The lowest BCUT2D eigenvalue weighted by Crippen LogP contribution is -2.50. The molecule has 1 unspecified atom stereocenters. The molecule has 1 saturated carbocycles. The maximum absolute atomic E-state index is 13.8. The Kier molecular flexibility index (Phi) is 6.58. The smallest absolute Gasteiger partial charge is 0.407 e. The normalized spacial score (nSPS) is 20.5. The fraction of sp³-hybridized carbons (Fsp3) is 0.857. The summed E-state index contributed by atoms with van der Waals surface area (Å²) in [7, 11) is 0. The standard InChI is InChI=1S/C14H23BrF2N2O3/c1-13(2,3)22-12(21)18-7-8-19(11(20)9-15)10-5-4-6-14(10,16)17/h10H,4-9H2,1-3H3,(H,18,21). The van der Waals surface area contributed by atoms with E-state index in [2.05, 4.69) is 21.2 Å². The minimum atomic E-state index is -2.87. The van der Waals surface area contributed by atoms with Crippen molar-refractivity contribution in [2.75, 3.05) is 18.4 Å². The molecule has 0 heterocycles. The number of nitrogens with one attached hydrogen (secondary N) is 1. The SMILES string of the molecule is CC(C)(C)OC(=O)NCCN(C(=O)CBr)C1CCCC1(F)F. The van der Waals surface area contributed by atoms with E-state index in [0.717, 1.165) is 4.90 Å². The molecule has 128 valence electrons. The van der Waals surface area contributed by atoms with Gasteiger partial charge in [-0.15, -0.1) is 0 Å². The molecule has 0 bridgehead atoms. The van der Waals surface area contributed by atoms with Crippen molar-refractivity contribution in [2.24, 2.45) is 0 Å². The third-order valence-electron chi connectivity index (χ3n) is 3.31.